The van der Waals surface area contributed by atoms with Crippen molar-refractivity contribution in [1.29, 1.82) is 0 Å². The summed E-state index contributed by atoms with van der Waals surface area (Å²) in [6, 6.07) is 8.65. The number of nitrogens with zero attached hydrogens (tertiary/aromatic N) is 2. The third-order valence-electron chi connectivity index (χ3n) is 3.64. The topological polar surface area (TPSA) is 88.2 Å². The first-order chi connectivity index (χ1) is 10.9. The van der Waals surface area contributed by atoms with Gasteiger partial charge in [0.1, 0.15) is 17.4 Å². The largest absolute Gasteiger partial charge is 0.478 e. The number of hydrogen-bond donors (Lipinski definition) is 2. The number of aromatic nitrogens is 2. The van der Waals surface area contributed by atoms with Crippen LogP contribution in [0.4, 0.5) is 5.82 Å². The number of anilines is 1. The summed E-state index contributed by atoms with van der Waals surface area (Å²) in [6.07, 6.45) is 0. The van der Waals surface area contributed by atoms with Gasteiger partial charge in [-0.15, -0.1) is 0 Å². The summed E-state index contributed by atoms with van der Waals surface area (Å²) in [6.45, 7) is 5.68. The molecule has 2 aromatic heterocycles. The van der Waals surface area contributed by atoms with Gasteiger partial charge >= 0.3 is 5.97 Å². The number of furan rings is 1. The maximum atomic E-state index is 10.9. The van der Waals surface area contributed by atoms with Crippen molar-refractivity contribution in [3.8, 4) is 0 Å². The molecule has 1 aromatic carbocycles. The highest BCUT2D eigenvalue weighted by Crippen LogP contribution is 2.27. The molecule has 0 saturated heterocycles. The van der Waals surface area contributed by atoms with Gasteiger partial charge in [-0.1, -0.05) is 12.1 Å². The molecule has 6 nitrogen and oxygen atoms in total. The van der Waals surface area contributed by atoms with Crippen LogP contribution in [0, 0.1) is 13.8 Å². The normalized spacial score (nSPS) is 12.3. The lowest BCUT2D eigenvalue weighted by Crippen LogP contribution is -2.09. The Hall–Kier alpha value is -2.89. The minimum absolute atomic E-state index is 0.0365. The van der Waals surface area contributed by atoms with Crippen molar-refractivity contribution in [2.45, 2.75) is 26.8 Å². The first kappa shape index (κ1) is 15.0. The maximum absolute atomic E-state index is 10.9. The van der Waals surface area contributed by atoms with Gasteiger partial charge in [-0.2, -0.15) is 4.98 Å². The molecule has 0 unspecified atom stereocenters. The van der Waals surface area contributed by atoms with E-state index in [4.69, 9.17) is 9.52 Å². The summed E-state index contributed by atoms with van der Waals surface area (Å²) in [7, 11) is 0. The van der Waals surface area contributed by atoms with Crippen LogP contribution in [0.15, 0.2) is 34.7 Å². The molecule has 0 amide bonds. The molecule has 0 radical (unpaired) electrons. The van der Waals surface area contributed by atoms with Crippen molar-refractivity contribution >= 4 is 22.9 Å². The van der Waals surface area contributed by atoms with Gasteiger partial charge in [0.25, 0.3) is 0 Å². The van der Waals surface area contributed by atoms with E-state index in [9.17, 15) is 4.79 Å². The van der Waals surface area contributed by atoms with E-state index in [2.05, 4.69) is 15.3 Å². The summed E-state index contributed by atoms with van der Waals surface area (Å²) in [5.41, 5.74) is 1.80. The zero-order valence-corrected chi connectivity index (χ0v) is 13.1. The Bertz CT molecular complexity index is 869. The number of rotatable bonds is 4. The molecule has 6 heteroatoms. The molecule has 2 N–H and O–H groups in total. The van der Waals surface area contributed by atoms with Crippen LogP contribution in [0.5, 0.6) is 0 Å². The molecule has 0 aliphatic rings. The van der Waals surface area contributed by atoms with Crippen molar-refractivity contribution in [3.05, 3.63) is 53.0 Å². The molecule has 0 fully saturated rings. The van der Waals surface area contributed by atoms with Gasteiger partial charge < -0.3 is 14.8 Å². The SMILES string of the molecule is Cc1nc(N[C@@H](C)c2ccc(C(=O)O)cc2)c2cc(C)oc2n1. The molecule has 3 rings (SSSR count). The predicted octanol–water partition coefficient (Wildman–Crippen LogP) is 3.71. The smallest absolute Gasteiger partial charge is 0.335 e. The summed E-state index contributed by atoms with van der Waals surface area (Å²) in [5.74, 6) is 1.18. The fraction of sp³-hybridized carbons (Fsp3) is 0.235. The minimum Gasteiger partial charge on any atom is -0.478 e. The van der Waals surface area contributed by atoms with Crippen LogP contribution in [0.3, 0.4) is 0 Å². The minimum atomic E-state index is -0.931. The van der Waals surface area contributed by atoms with Gasteiger partial charge in [0.15, 0.2) is 0 Å². The lowest BCUT2D eigenvalue weighted by molar-refractivity contribution is 0.0697. The number of aromatic carboxylic acids is 1. The molecule has 0 saturated carbocycles. The van der Waals surface area contributed by atoms with Crippen LogP contribution < -0.4 is 5.32 Å². The fourth-order valence-corrected chi connectivity index (χ4v) is 2.46. The number of hydrogen-bond acceptors (Lipinski definition) is 5. The third kappa shape index (κ3) is 3.01. The molecule has 118 valence electrons. The highest BCUT2D eigenvalue weighted by molar-refractivity contribution is 5.88. The monoisotopic (exact) mass is 311 g/mol. The number of benzene rings is 1. The highest BCUT2D eigenvalue weighted by atomic mass is 16.4. The molecular weight excluding hydrogens is 294 g/mol. The van der Waals surface area contributed by atoms with Gasteiger partial charge in [-0.3, -0.25) is 0 Å². The Morgan fingerprint density at radius 3 is 2.57 bits per heavy atom. The lowest BCUT2D eigenvalue weighted by atomic mass is 10.1. The van der Waals surface area contributed by atoms with E-state index in [1.54, 1.807) is 24.3 Å². The van der Waals surface area contributed by atoms with E-state index < -0.39 is 5.97 Å². The number of carboxylic acids is 1. The number of nitrogens with one attached hydrogen (secondary N) is 1. The van der Waals surface area contributed by atoms with Gasteiger partial charge in [-0.05, 0) is 44.5 Å². The van der Waals surface area contributed by atoms with Crippen LogP contribution in [-0.2, 0) is 0 Å². The fourth-order valence-electron chi connectivity index (χ4n) is 2.46. The van der Waals surface area contributed by atoms with Crippen molar-refractivity contribution < 1.29 is 14.3 Å². The van der Waals surface area contributed by atoms with Crippen molar-refractivity contribution in [1.82, 2.24) is 9.97 Å². The van der Waals surface area contributed by atoms with Crippen molar-refractivity contribution in [3.63, 3.8) is 0 Å². The van der Waals surface area contributed by atoms with E-state index >= 15 is 0 Å². The van der Waals surface area contributed by atoms with Crippen LogP contribution in [0.1, 0.15) is 40.5 Å². The summed E-state index contributed by atoms with van der Waals surface area (Å²) >= 11 is 0. The number of carbonyl (C=O) groups is 1. The molecule has 3 aromatic rings. The van der Waals surface area contributed by atoms with E-state index in [1.807, 2.05) is 26.8 Å². The first-order valence-corrected chi connectivity index (χ1v) is 7.28. The molecule has 1 atom stereocenters. The van der Waals surface area contributed by atoms with Crippen LogP contribution in [-0.4, -0.2) is 21.0 Å². The van der Waals surface area contributed by atoms with Crippen LogP contribution in [0.2, 0.25) is 0 Å². The molecule has 23 heavy (non-hydrogen) atoms. The van der Waals surface area contributed by atoms with Crippen molar-refractivity contribution in [2.75, 3.05) is 5.32 Å². The summed E-state index contributed by atoms with van der Waals surface area (Å²) in [5, 5.41) is 13.1. The van der Waals surface area contributed by atoms with Gasteiger partial charge in [0.2, 0.25) is 5.71 Å². The lowest BCUT2D eigenvalue weighted by Gasteiger charge is -2.16. The number of aryl methyl sites for hydroxylation is 2. The van der Waals surface area contributed by atoms with Crippen LogP contribution in [0.25, 0.3) is 11.1 Å². The Balaban J connectivity index is 1.90. The average molecular weight is 311 g/mol. The van der Waals surface area contributed by atoms with E-state index in [0.717, 1.165) is 16.7 Å². The molecule has 0 aliphatic carbocycles. The molecule has 0 spiro atoms. The Kier molecular flexibility index (Phi) is 3.73. The second-order valence-corrected chi connectivity index (χ2v) is 5.49. The van der Waals surface area contributed by atoms with E-state index in [1.165, 1.54) is 0 Å². The Labute approximate surface area is 133 Å². The van der Waals surface area contributed by atoms with Gasteiger partial charge in [0.05, 0.1) is 10.9 Å². The van der Waals surface area contributed by atoms with E-state index in [0.29, 0.717) is 17.4 Å². The van der Waals surface area contributed by atoms with Crippen molar-refractivity contribution in [2.24, 2.45) is 0 Å². The second kappa shape index (κ2) is 5.72. The standard InChI is InChI=1S/C17H17N3O3/c1-9-8-14-15(19-11(3)20-16(14)23-9)18-10(2)12-4-6-13(7-5-12)17(21)22/h4-8,10H,1-3H3,(H,21,22)(H,18,19,20)/t10-/m0/s1. The first-order valence-electron chi connectivity index (χ1n) is 7.28. The molecule has 0 bridgehead atoms. The van der Waals surface area contributed by atoms with Gasteiger partial charge in [0, 0.05) is 6.04 Å². The maximum Gasteiger partial charge on any atom is 0.335 e. The quantitative estimate of drug-likeness (QED) is 0.763. The summed E-state index contributed by atoms with van der Waals surface area (Å²) < 4.78 is 5.56. The second-order valence-electron chi connectivity index (χ2n) is 5.49. The predicted molar refractivity (Wildman–Crippen MR) is 86.7 cm³/mol. The zero-order valence-electron chi connectivity index (χ0n) is 13.1. The zero-order chi connectivity index (χ0) is 16.6. The summed E-state index contributed by atoms with van der Waals surface area (Å²) in [4.78, 5) is 19.7. The Morgan fingerprint density at radius 2 is 1.91 bits per heavy atom. The van der Waals surface area contributed by atoms with E-state index in [-0.39, 0.29) is 11.6 Å². The molecule has 0 aliphatic heterocycles. The Morgan fingerprint density at radius 1 is 1.22 bits per heavy atom. The molecular formula is C17H17N3O3. The highest BCUT2D eigenvalue weighted by Gasteiger charge is 2.14. The number of fused-ring (bicyclic) bond motifs is 1. The number of carboxylic acid groups (broad SMARTS) is 1. The third-order valence-corrected chi connectivity index (χ3v) is 3.64. The molecule has 2 heterocycles. The average Bonchev–Trinajstić information content (AvgIpc) is 2.87. The van der Waals surface area contributed by atoms with Gasteiger partial charge in [-0.25, -0.2) is 9.78 Å². The van der Waals surface area contributed by atoms with Crippen LogP contribution >= 0.6 is 0 Å².